The lowest BCUT2D eigenvalue weighted by molar-refractivity contribution is -0.140. The second-order valence-corrected chi connectivity index (χ2v) is 8.23. The summed E-state index contributed by atoms with van der Waals surface area (Å²) in [6.07, 6.45) is 1.90. The highest BCUT2D eigenvalue weighted by Crippen LogP contribution is 2.41. The van der Waals surface area contributed by atoms with E-state index in [2.05, 4.69) is 6.92 Å². The number of ketones is 1. The third-order valence-corrected chi connectivity index (χ3v) is 5.82. The molecule has 1 heterocycles. The monoisotopic (exact) mass is 457 g/mol. The first kappa shape index (κ1) is 23.1. The molecule has 6 heteroatoms. The summed E-state index contributed by atoms with van der Waals surface area (Å²) < 4.78 is 5.75. The van der Waals surface area contributed by atoms with Gasteiger partial charge < -0.3 is 19.8 Å². The van der Waals surface area contributed by atoms with E-state index in [-0.39, 0.29) is 23.6 Å². The van der Waals surface area contributed by atoms with Crippen LogP contribution in [0.3, 0.4) is 0 Å². The molecule has 2 N–H and O–H groups in total. The number of aliphatic hydroxyl groups is 1. The number of phenols is 1. The molecule has 1 aliphatic rings. The number of carbonyl (C=O) groups excluding carboxylic acids is 2. The topological polar surface area (TPSA) is 87.1 Å². The number of rotatable bonds is 8. The molecule has 1 amide bonds. The van der Waals surface area contributed by atoms with Gasteiger partial charge >= 0.3 is 0 Å². The van der Waals surface area contributed by atoms with E-state index < -0.39 is 17.7 Å². The standard InChI is InChI=1S/C28H27NO5/c1-2-3-16-34-23-11-7-10-21(17-23)26(31)24-25(20-12-14-22(30)15-13-20)29(28(33)27(24)32)18-19-8-5-4-6-9-19/h4-15,17,25,30-31H,2-3,16,18H2,1H3/b26-24+. The SMILES string of the molecule is CCCCOc1cccc(/C(O)=C2\C(=O)C(=O)N(Cc3ccccc3)C2c2ccc(O)cc2)c1. The van der Waals surface area contributed by atoms with Crippen molar-refractivity contribution in [3.05, 3.63) is 101 Å². The third kappa shape index (κ3) is 4.81. The number of hydrogen-bond donors (Lipinski definition) is 2. The Labute approximate surface area is 198 Å². The van der Waals surface area contributed by atoms with Crippen molar-refractivity contribution in [3.63, 3.8) is 0 Å². The van der Waals surface area contributed by atoms with Crippen LogP contribution in [-0.4, -0.2) is 33.4 Å². The van der Waals surface area contributed by atoms with E-state index in [1.165, 1.54) is 17.0 Å². The molecule has 0 aliphatic carbocycles. The Kier molecular flexibility index (Phi) is 6.97. The van der Waals surface area contributed by atoms with Crippen LogP contribution in [0.4, 0.5) is 0 Å². The Morgan fingerprint density at radius 3 is 2.41 bits per heavy atom. The molecule has 0 spiro atoms. The molecule has 1 atom stereocenters. The minimum atomic E-state index is -0.800. The Morgan fingerprint density at radius 1 is 0.971 bits per heavy atom. The predicted octanol–water partition coefficient (Wildman–Crippen LogP) is 5.19. The minimum Gasteiger partial charge on any atom is -0.508 e. The zero-order valence-electron chi connectivity index (χ0n) is 19.0. The van der Waals surface area contributed by atoms with Gasteiger partial charge in [-0.1, -0.05) is 67.9 Å². The summed E-state index contributed by atoms with van der Waals surface area (Å²) in [6.45, 7) is 2.83. The van der Waals surface area contributed by atoms with Crippen LogP contribution < -0.4 is 4.74 Å². The number of hydrogen-bond acceptors (Lipinski definition) is 5. The van der Waals surface area contributed by atoms with Crippen LogP contribution >= 0.6 is 0 Å². The molecule has 3 aromatic rings. The van der Waals surface area contributed by atoms with Crippen molar-refractivity contribution in [2.45, 2.75) is 32.4 Å². The van der Waals surface area contributed by atoms with Crippen LogP contribution in [0.25, 0.3) is 5.76 Å². The summed E-state index contributed by atoms with van der Waals surface area (Å²) in [5.74, 6) is -1.03. The first-order valence-electron chi connectivity index (χ1n) is 11.3. The highest BCUT2D eigenvalue weighted by molar-refractivity contribution is 6.46. The molecule has 0 radical (unpaired) electrons. The van der Waals surface area contributed by atoms with E-state index >= 15 is 0 Å². The minimum absolute atomic E-state index is 0.0114. The molecule has 1 fully saturated rings. The van der Waals surface area contributed by atoms with Gasteiger partial charge in [-0.05, 0) is 41.8 Å². The van der Waals surface area contributed by atoms with E-state index in [0.29, 0.717) is 23.5 Å². The molecule has 174 valence electrons. The van der Waals surface area contributed by atoms with Crippen LogP contribution in [0.5, 0.6) is 11.5 Å². The number of aromatic hydroxyl groups is 1. The molecule has 0 aromatic heterocycles. The van der Waals surface area contributed by atoms with Gasteiger partial charge in [-0.2, -0.15) is 0 Å². The average molecular weight is 458 g/mol. The summed E-state index contributed by atoms with van der Waals surface area (Å²) in [5.41, 5.74) is 1.89. The smallest absolute Gasteiger partial charge is 0.295 e. The molecular weight excluding hydrogens is 430 g/mol. The van der Waals surface area contributed by atoms with Crippen molar-refractivity contribution in [1.82, 2.24) is 4.90 Å². The van der Waals surface area contributed by atoms with E-state index in [1.807, 2.05) is 30.3 Å². The van der Waals surface area contributed by atoms with Crippen LogP contribution in [0, 0.1) is 0 Å². The number of unbranched alkanes of at least 4 members (excludes halogenated alkanes) is 1. The second-order valence-electron chi connectivity index (χ2n) is 8.23. The van der Waals surface area contributed by atoms with Gasteiger partial charge in [-0.3, -0.25) is 9.59 Å². The maximum atomic E-state index is 13.2. The van der Waals surface area contributed by atoms with Crippen molar-refractivity contribution >= 4 is 17.4 Å². The highest BCUT2D eigenvalue weighted by atomic mass is 16.5. The number of benzene rings is 3. The van der Waals surface area contributed by atoms with Gasteiger partial charge in [0, 0.05) is 12.1 Å². The fraction of sp³-hybridized carbons (Fsp3) is 0.214. The summed E-state index contributed by atoms with van der Waals surface area (Å²) in [7, 11) is 0. The highest BCUT2D eigenvalue weighted by Gasteiger charge is 2.46. The molecule has 1 unspecified atom stereocenters. The summed E-state index contributed by atoms with van der Waals surface area (Å²) in [5, 5.41) is 21.0. The van der Waals surface area contributed by atoms with Crippen LogP contribution in [0.15, 0.2) is 84.4 Å². The number of ether oxygens (including phenoxy) is 1. The Balaban J connectivity index is 1.78. The normalized spacial score (nSPS) is 17.2. The molecule has 4 rings (SSSR count). The quantitative estimate of drug-likeness (QED) is 0.210. The van der Waals surface area contributed by atoms with Gasteiger partial charge in [0.25, 0.3) is 11.7 Å². The van der Waals surface area contributed by atoms with Crippen LogP contribution in [0.2, 0.25) is 0 Å². The molecule has 1 saturated heterocycles. The predicted molar refractivity (Wildman–Crippen MR) is 129 cm³/mol. The summed E-state index contributed by atoms with van der Waals surface area (Å²) >= 11 is 0. The van der Waals surface area contributed by atoms with Crippen molar-refractivity contribution in [2.75, 3.05) is 6.61 Å². The van der Waals surface area contributed by atoms with E-state index in [4.69, 9.17) is 4.74 Å². The van der Waals surface area contributed by atoms with Crippen molar-refractivity contribution < 1.29 is 24.5 Å². The molecule has 34 heavy (non-hydrogen) atoms. The van der Waals surface area contributed by atoms with Gasteiger partial charge in [0.2, 0.25) is 0 Å². The lowest BCUT2D eigenvalue weighted by atomic mass is 9.95. The number of phenolic OH excluding ortho intramolecular Hbond substituents is 1. The lowest BCUT2D eigenvalue weighted by Gasteiger charge is -2.25. The van der Waals surface area contributed by atoms with Gasteiger partial charge in [0.05, 0.1) is 18.2 Å². The summed E-state index contributed by atoms with van der Waals surface area (Å²) in [4.78, 5) is 27.7. The van der Waals surface area contributed by atoms with Crippen molar-refractivity contribution in [1.29, 1.82) is 0 Å². The van der Waals surface area contributed by atoms with Crippen molar-refractivity contribution in [3.8, 4) is 11.5 Å². The van der Waals surface area contributed by atoms with Gasteiger partial charge in [0.1, 0.15) is 17.3 Å². The first-order valence-corrected chi connectivity index (χ1v) is 11.3. The van der Waals surface area contributed by atoms with Gasteiger partial charge in [-0.15, -0.1) is 0 Å². The fourth-order valence-electron chi connectivity index (χ4n) is 4.05. The maximum Gasteiger partial charge on any atom is 0.295 e. The molecule has 1 aliphatic heterocycles. The van der Waals surface area contributed by atoms with Gasteiger partial charge in [-0.25, -0.2) is 0 Å². The Bertz CT molecular complexity index is 1200. The average Bonchev–Trinajstić information content (AvgIpc) is 3.10. The third-order valence-electron chi connectivity index (χ3n) is 5.82. The number of nitrogens with zero attached hydrogens (tertiary/aromatic N) is 1. The number of Topliss-reactive ketones (excluding diaryl/α,β-unsaturated/α-hetero) is 1. The van der Waals surface area contributed by atoms with Crippen molar-refractivity contribution in [2.24, 2.45) is 0 Å². The Hall–Kier alpha value is -4.06. The van der Waals surface area contributed by atoms with Gasteiger partial charge in [0.15, 0.2) is 0 Å². The lowest BCUT2D eigenvalue weighted by Crippen LogP contribution is -2.29. The zero-order valence-corrected chi connectivity index (χ0v) is 19.0. The number of amides is 1. The Morgan fingerprint density at radius 2 is 1.71 bits per heavy atom. The van der Waals surface area contributed by atoms with Crippen LogP contribution in [-0.2, 0) is 16.1 Å². The first-order chi connectivity index (χ1) is 16.5. The molecule has 3 aromatic carbocycles. The molecule has 0 bridgehead atoms. The molecular formula is C28H27NO5. The second kappa shape index (κ2) is 10.3. The zero-order chi connectivity index (χ0) is 24.1. The summed E-state index contributed by atoms with van der Waals surface area (Å²) in [6, 6.07) is 21.8. The number of likely N-dealkylation sites (tertiary alicyclic amines) is 1. The number of aliphatic hydroxyl groups excluding tert-OH is 1. The number of carbonyl (C=O) groups is 2. The van der Waals surface area contributed by atoms with E-state index in [9.17, 15) is 19.8 Å². The largest absolute Gasteiger partial charge is 0.508 e. The van der Waals surface area contributed by atoms with E-state index in [0.717, 1.165) is 18.4 Å². The molecule has 6 nitrogen and oxygen atoms in total. The molecule has 0 saturated carbocycles. The van der Waals surface area contributed by atoms with Crippen LogP contribution in [0.1, 0.15) is 42.5 Å². The fourth-order valence-corrected chi connectivity index (χ4v) is 4.05. The maximum absolute atomic E-state index is 13.2. The van der Waals surface area contributed by atoms with E-state index in [1.54, 1.807) is 36.4 Å².